The summed E-state index contributed by atoms with van der Waals surface area (Å²) in [4.78, 5) is 13.9. The normalized spacial score (nSPS) is 16.0. The average Bonchev–Trinajstić information content (AvgIpc) is 3.33. The van der Waals surface area contributed by atoms with Gasteiger partial charge in [0, 0.05) is 18.7 Å². The van der Waals surface area contributed by atoms with Gasteiger partial charge in [-0.2, -0.15) is 5.10 Å². The Morgan fingerprint density at radius 3 is 2.80 bits per heavy atom. The quantitative estimate of drug-likeness (QED) is 0.302. The molecule has 1 aliphatic rings. The number of halogens is 1. The highest BCUT2D eigenvalue weighted by atomic mass is 127. The maximum absolute atomic E-state index is 5.64. The number of aryl methyl sites for hydroxylation is 3. The molecular formula is C21H28IN7O. The van der Waals surface area contributed by atoms with E-state index in [1.165, 1.54) is 5.56 Å². The van der Waals surface area contributed by atoms with Crippen LogP contribution in [0.2, 0.25) is 0 Å². The van der Waals surface area contributed by atoms with E-state index in [0.29, 0.717) is 12.4 Å². The fourth-order valence-electron chi connectivity index (χ4n) is 3.46. The number of nitrogens with zero attached hydrogens (tertiary/aromatic N) is 5. The molecule has 4 rings (SSSR count). The van der Waals surface area contributed by atoms with E-state index >= 15 is 0 Å². The van der Waals surface area contributed by atoms with E-state index in [9.17, 15) is 0 Å². The van der Waals surface area contributed by atoms with Crippen LogP contribution in [0, 0.1) is 13.8 Å². The molecule has 2 N–H and O–H groups in total. The minimum absolute atomic E-state index is 0. The molecule has 8 nitrogen and oxygen atoms in total. The van der Waals surface area contributed by atoms with E-state index in [4.69, 9.17) is 9.41 Å². The van der Waals surface area contributed by atoms with Gasteiger partial charge in [0.25, 0.3) is 0 Å². The fraction of sp³-hybridized carbons (Fsp3) is 0.429. The zero-order valence-corrected chi connectivity index (χ0v) is 19.9. The number of fused-ring (bicyclic) bond motifs is 1. The summed E-state index contributed by atoms with van der Waals surface area (Å²) in [6.45, 7) is 8.17. The van der Waals surface area contributed by atoms with Gasteiger partial charge in [-0.25, -0.2) is 19.6 Å². The van der Waals surface area contributed by atoms with Crippen LogP contribution >= 0.6 is 24.0 Å². The summed E-state index contributed by atoms with van der Waals surface area (Å²) in [6.07, 6.45) is 3.74. The molecule has 0 spiro atoms. The molecule has 0 bridgehead atoms. The number of aromatic nitrogens is 4. The number of benzene rings is 1. The number of rotatable bonds is 5. The smallest absolute Gasteiger partial charge is 0.226 e. The van der Waals surface area contributed by atoms with E-state index < -0.39 is 0 Å². The summed E-state index contributed by atoms with van der Waals surface area (Å²) in [5, 5.41) is 11.3. The maximum atomic E-state index is 5.64. The van der Waals surface area contributed by atoms with Crippen LogP contribution in [0.1, 0.15) is 48.7 Å². The predicted octanol–water partition coefficient (Wildman–Crippen LogP) is 3.76. The molecule has 30 heavy (non-hydrogen) atoms. The van der Waals surface area contributed by atoms with Gasteiger partial charge in [-0.15, -0.1) is 24.0 Å². The Bertz CT molecular complexity index is 993. The molecule has 3 aromatic rings. The molecule has 1 aromatic carbocycles. The van der Waals surface area contributed by atoms with Crippen molar-refractivity contribution in [1.29, 1.82) is 0 Å². The van der Waals surface area contributed by atoms with Gasteiger partial charge >= 0.3 is 0 Å². The minimum atomic E-state index is 0. The number of hydrogen-bond donors (Lipinski definition) is 2. The standard InChI is InChI=1S/C21H27N7O.HI/c1-4-22-21(26-18-6-5-11-28-19(18)24-15(3)27-28)23-12-17-13-29-20(25-17)16-9-7-14(2)8-10-16;/h7-10,13,18H,4-6,11-12H2,1-3H3,(H2,22,23,26);1H. The first-order valence-electron chi connectivity index (χ1n) is 10.1. The molecule has 2 aromatic heterocycles. The van der Waals surface area contributed by atoms with Crippen LogP contribution in [-0.2, 0) is 13.1 Å². The average molecular weight is 521 g/mol. The molecule has 160 valence electrons. The second-order valence-corrected chi connectivity index (χ2v) is 7.28. The zero-order chi connectivity index (χ0) is 20.2. The van der Waals surface area contributed by atoms with Crippen molar-refractivity contribution < 1.29 is 4.42 Å². The SMILES string of the molecule is CCNC(=NCc1coc(-c2ccc(C)cc2)n1)NC1CCCn2nc(C)nc21.I. The third-order valence-electron chi connectivity index (χ3n) is 4.89. The van der Waals surface area contributed by atoms with Gasteiger partial charge in [0.1, 0.15) is 23.6 Å². The van der Waals surface area contributed by atoms with E-state index in [-0.39, 0.29) is 30.0 Å². The fourth-order valence-corrected chi connectivity index (χ4v) is 3.46. The van der Waals surface area contributed by atoms with Crippen LogP contribution in [-0.4, -0.2) is 32.3 Å². The molecule has 1 unspecified atom stereocenters. The minimum Gasteiger partial charge on any atom is -0.444 e. The van der Waals surface area contributed by atoms with Gasteiger partial charge < -0.3 is 15.1 Å². The Labute approximate surface area is 193 Å². The highest BCUT2D eigenvalue weighted by Crippen LogP contribution is 2.23. The number of oxazole rings is 1. The monoisotopic (exact) mass is 521 g/mol. The lowest BCUT2D eigenvalue weighted by Gasteiger charge is -2.24. The highest BCUT2D eigenvalue weighted by molar-refractivity contribution is 14.0. The Kier molecular flexibility index (Phi) is 7.46. The predicted molar refractivity (Wildman–Crippen MR) is 127 cm³/mol. The molecule has 0 radical (unpaired) electrons. The molecule has 9 heteroatoms. The Morgan fingerprint density at radius 1 is 1.23 bits per heavy atom. The topological polar surface area (TPSA) is 93.2 Å². The first-order chi connectivity index (χ1) is 14.1. The van der Waals surface area contributed by atoms with Crippen LogP contribution < -0.4 is 10.6 Å². The number of guanidine groups is 1. The molecular weight excluding hydrogens is 493 g/mol. The molecule has 1 atom stereocenters. The first-order valence-corrected chi connectivity index (χ1v) is 10.1. The summed E-state index contributed by atoms with van der Waals surface area (Å²) in [5.41, 5.74) is 2.97. The maximum Gasteiger partial charge on any atom is 0.226 e. The molecule has 0 aliphatic carbocycles. The van der Waals surface area contributed by atoms with Crippen molar-refractivity contribution in [1.82, 2.24) is 30.4 Å². The van der Waals surface area contributed by atoms with Gasteiger partial charge in [0.2, 0.25) is 5.89 Å². The lowest BCUT2D eigenvalue weighted by molar-refractivity contribution is 0.397. The largest absolute Gasteiger partial charge is 0.444 e. The third kappa shape index (κ3) is 5.18. The lowest BCUT2D eigenvalue weighted by Crippen LogP contribution is -2.41. The van der Waals surface area contributed by atoms with Gasteiger partial charge in [0.15, 0.2) is 5.96 Å². The van der Waals surface area contributed by atoms with E-state index in [1.54, 1.807) is 6.26 Å². The van der Waals surface area contributed by atoms with Gasteiger partial charge in [-0.05, 0) is 45.7 Å². The van der Waals surface area contributed by atoms with Crippen molar-refractivity contribution in [3.8, 4) is 11.5 Å². The number of nitrogens with one attached hydrogen (secondary N) is 2. The lowest BCUT2D eigenvalue weighted by atomic mass is 10.1. The van der Waals surface area contributed by atoms with Crippen molar-refractivity contribution in [2.75, 3.05) is 6.54 Å². The second kappa shape index (κ2) is 10.1. The molecule has 0 fully saturated rings. The second-order valence-electron chi connectivity index (χ2n) is 7.28. The summed E-state index contributed by atoms with van der Waals surface area (Å²) < 4.78 is 7.63. The highest BCUT2D eigenvalue weighted by Gasteiger charge is 2.24. The number of hydrogen-bond acceptors (Lipinski definition) is 5. The Balaban J connectivity index is 0.00000256. The van der Waals surface area contributed by atoms with E-state index in [2.05, 4.69) is 51.7 Å². The van der Waals surface area contributed by atoms with Crippen molar-refractivity contribution in [2.24, 2.45) is 4.99 Å². The van der Waals surface area contributed by atoms with Crippen molar-refractivity contribution >= 4 is 29.9 Å². The van der Waals surface area contributed by atoms with Gasteiger partial charge in [-0.3, -0.25) is 0 Å². The van der Waals surface area contributed by atoms with Crippen LogP contribution in [0.25, 0.3) is 11.5 Å². The van der Waals surface area contributed by atoms with Crippen molar-refractivity contribution in [2.45, 2.75) is 52.7 Å². The summed E-state index contributed by atoms with van der Waals surface area (Å²) >= 11 is 0. The zero-order valence-electron chi connectivity index (χ0n) is 17.6. The van der Waals surface area contributed by atoms with Crippen LogP contribution in [0.15, 0.2) is 39.9 Å². The third-order valence-corrected chi connectivity index (χ3v) is 4.89. The van der Waals surface area contributed by atoms with E-state index in [1.807, 2.05) is 23.7 Å². The van der Waals surface area contributed by atoms with Crippen LogP contribution in [0.4, 0.5) is 0 Å². The summed E-state index contributed by atoms with van der Waals surface area (Å²) in [7, 11) is 0. The summed E-state index contributed by atoms with van der Waals surface area (Å²) in [5.74, 6) is 3.14. The molecule has 1 aliphatic heterocycles. The van der Waals surface area contributed by atoms with Crippen LogP contribution in [0.5, 0.6) is 0 Å². The van der Waals surface area contributed by atoms with Crippen molar-refractivity contribution in [3.63, 3.8) is 0 Å². The van der Waals surface area contributed by atoms with Crippen LogP contribution in [0.3, 0.4) is 0 Å². The molecule has 0 saturated heterocycles. The summed E-state index contributed by atoms with van der Waals surface area (Å²) in [6, 6.07) is 8.23. The molecule has 3 heterocycles. The molecule has 0 saturated carbocycles. The Morgan fingerprint density at radius 2 is 2.03 bits per heavy atom. The van der Waals surface area contributed by atoms with Gasteiger partial charge in [-0.1, -0.05) is 17.7 Å². The Hall–Kier alpha value is -2.43. The number of aliphatic imine (C=N–C) groups is 1. The van der Waals surface area contributed by atoms with Crippen molar-refractivity contribution in [3.05, 3.63) is 53.4 Å². The first kappa shape index (κ1) is 22.3. The van der Waals surface area contributed by atoms with Gasteiger partial charge in [0.05, 0.1) is 12.6 Å². The molecule has 0 amide bonds. The van der Waals surface area contributed by atoms with E-state index in [0.717, 1.165) is 54.8 Å².